The van der Waals surface area contributed by atoms with Crippen LogP contribution in [0.1, 0.15) is 11.3 Å². The Kier molecular flexibility index (Phi) is 3.49. The van der Waals surface area contributed by atoms with Crippen LogP contribution in [0, 0.1) is 18.3 Å². The summed E-state index contributed by atoms with van der Waals surface area (Å²) in [6.07, 6.45) is 1.53. The molecule has 1 heterocycles. The molecule has 0 fully saturated rings. The Bertz CT molecular complexity index is 611. The zero-order valence-corrected chi connectivity index (χ0v) is 11.2. The second-order valence-electron chi connectivity index (χ2n) is 3.73. The van der Waals surface area contributed by atoms with Gasteiger partial charge in [-0.1, -0.05) is 15.9 Å². The van der Waals surface area contributed by atoms with Crippen molar-refractivity contribution in [1.82, 2.24) is 4.98 Å². The molecular formula is C13H10BrN3O. The Morgan fingerprint density at radius 2 is 2.17 bits per heavy atom. The van der Waals surface area contributed by atoms with E-state index in [1.54, 1.807) is 18.2 Å². The van der Waals surface area contributed by atoms with Crippen LogP contribution in [0.5, 0.6) is 11.5 Å². The average Bonchev–Trinajstić information content (AvgIpc) is 2.34. The summed E-state index contributed by atoms with van der Waals surface area (Å²) in [5.41, 5.74) is 7.66. The molecule has 0 amide bonds. The Labute approximate surface area is 113 Å². The van der Waals surface area contributed by atoms with E-state index in [1.807, 2.05) is 19.1 Å². The van der Waals surface area contributed by atoms with Gasteiger partial charge >= 0.3 is 0 Å². The highest BCUT2D eigenvalue weighted by molar-refractivity contribution is 9.10. The number of halogens is 1. The number of nitrogens with zero attached hydrogens (tertiary/aromatic N) is 2. The van der Waals surface area contributed by atoms with Crippen molar-refractivity contribution in [3.63, 3.8) is 0 Å². The summed E-state index contributed by atoms with van der Waals surface area (Å²) < 4.78 is 6.60. The minimum atomic E-state index is 0.306. The topological polar surface area (TPSA) is 71.9 Å². The number of benzene rings is 1. The van der Waals surface area contributed by atoms with Gasteiger partial charge in [-0.2, -0.15) is 5.26 Å². The van der Waals surface area contributed by atoms with Crippen LogP contribution < -0.4 is 10.5 Å². The average molecular weight is 304 g/mol. The molecular weight excluding hydrogens is 294 g/mol. The number of pyridine rings is 1. The van der Waals surface area contributed by atoms with Crippen LogP contribution in [0.3, 0.4) is 0 Å². The van der Waals surface area contributed by atoms with Gasteiger partial charge < -0.3 is 10.5 Å². The Hall–Kier alpha value is -2.06. The number of anilines is 1. The van der Waals surface area contributed by atoms with E-state index < -0.39 is 0 Å². The SMILES string of the molecule is Cc1cc(Br)cc(N)c1Oc1ccnc(C#N)c1. The third-order valence-corrected chi connectivity index (χ3v) is 2.79. The highest BCUT2D eigenvalue weighted by atomic mass is 79.9. The van der Waals surface area contributed by atoms with Crippen molar-refractivity contribution in [1.29, 1.82) is 5.26 Å². The fourth-order valence-corrected chi connectivity index (χ4v) is 2.14. The normalized spacial score (nSPS) is 9.83. The van der Waals surface area contributed by atoms with E-state index >= 15 is 0 Å². The van der Waals surface area contributed by atoms with Gasteiger partial charge in [-0.25, -0.2) is 4.98 Å². The molecule has 0 spiro atoms. The lowest BCUT2D eigenvalue weighted by Crippen LogP contribution is -1.95. The summed E-state index contributed by atoms with van der Waals surface area (Å²) in [4.78, 5) is 3.88. The lowest BCUT2D eigenvalue weighted by Gasteiger charge is -2.11. The van der Waals surface area contributed by atoms with Gasteiger partial charge in [0.05, 0.1) is 5.69 Å². The number of ether oxygens (including phenoxy) is 1. The monoisotopic (exact) mass is 303 g/mol. The first-order valence-corrected chi connectivity index (χ1v) is 5.99. The summed E-state index contributed by atoms with van der Waals surface area (Å²) in [5.74, 6) is 1.13. The van der Waals surface area contributed by atoms with Crippen LogP contribution in [-0.4, -0.2) is 4.98 Å². The molecule has 5 heteroatoms. The molecule has 1 aromatic heterocycles. The maximum absolute atomic E-state index is 8.77. The van der Waals surface area contributed by atoms with Gasteiger partial charge in [-0.05, 0) is 30.7 Å². The predicted octanol–water partition coefficient (Wildman–Crippen LogP) is 3.40. The lowest BCUT2D eigenvalue weighted by atomic mass is 10.2. The standard InChI is InChI=1S/C13H10BrN3O/c1-8-4-9(14)5-12(16)13(8)18-11-2-3-17-10(6-11)7-15/h2-6H,16H2,1H3. The van der Waals surface area contributed by atoms with E-state index in [1.165, 1.54) is 6.20 Å². The molecule has 0 aliphatic rings. The third-order valence-electron chi connectivity index (χ3n) is 2.33. The first-order valence-electron chi connectivity index (χ1n) is 5.20. The quantitative estimate of drug-likeness (QED) is 0.863. The number of hydrogen-bond donors (Lipinski definition) is 1. The lowest BCUT2D eigenvalue weighted by molar-refractivity contribution is 0.480. The van der Waals surface area contributed by atoms with E-state index in [2.05, 4.69) is 20.9 Å². The molecule has 0 aliphatic carbocycles. The van der Waals surface area contributed by atoms with Crippen molar-refractivity contribution in [2.24, 2.45) is 0 Å². The number of nitrogens with two attached hydrogens (primary N) is 1. The van der Waals surface area contributed by atoms with Gasteiger partial charge in [0.15, 0.2) is 5.75 Å². The van der Waals surface area contributed by atoms with Crippen LogP contribution in [0.4, 0.5) is 5.69 Å². The Morgan fingerprint density at radius 3 is 2.83 bits per heavy atom. The van der Waals surface area contributed by atoms with Crippen molar-refractivity contribution >= 4 is 21.6 Å². The van der Waals surface area contributed by atoms with Crippen molar-refractivity contribution < 1.29 is 4.74 Å². The molecule has 0 bridgehead atoms. The van der Waals surface area contributed by atoms with E-state index in [9.17, 15) is 0 Å². The number of rotatable bonds is 2. The first-order chi connectivity index (χ1) is 8.60. The summed E-state index contributed by atoms with van der Waals surface area (Å²) in [7, 11) is 0. The summed E-state index contributed by atoms with van der Waals surface area (Å²) in [5, 5.41) is 8.77. The summed E-state index contributed by atoms with van der Waals surface area (Å²) in [6, 6.07) is 8.90. The highest BCUT2D eigenvalue weighted by Crippen LogP contribution is 2.33. The maximum atomic E-state index is 8.77. The molecule has 4 nitrogen and oxygen atoms in total. The maximum Gasteiger partial charge on any atom is 0.153 e. The van der Waals surface area contributed by atoms with Crippen molar-refractivity contribution in [2.45, 2.75) is 6.92 Å². The number of nitrogen functional groups attached to an aromatic ring is 1. The predicted molar refractivity (Wildman–Crippen MR) is 72.3 cm³/mol. The fraction of sp³-hybridized carbons (Fsp3) is 0.0769. The molecule has 0 aliphatic heterocycles. The van der Waals surface area contributed by atoms with Crippen molar-refractivity contribution in [3.05, 3.63) is 46.2 Å². The summed E-state index contributed by atoms with van der Waals surface area (Å²) in [6.45, 7) is 1.91. The zero-order chi connectivity index (χ0) is 13.1. The van der Waals surface area contributed by atoms with Gasteiger partial charge in [0.25, 0.3) is 0 Å². The van der Waals surface area contributed by atoms with E-state index in [-0.39, 0.29) is 0 Å². The molecule has 2 N–H and O–H groups in total. The third kappa shape index (κ3) is 2.60. The van der Waals surface area contributed by atoms with Crippen LogP contribution >= 0.6 is 15.9 Å². The van der Waals surface area contributed by atoms with Gasteiger partial charge in [-0.3, -0.25) is 0 Å². The largest absolute Gasteiger partial charge is 0.455 e. The summed E-state index contributed by atoms with van der Waals surface area (Å²) >= 11 is 3.37. The Balaban J connectivity index is 2.37. The number of aryl methyl sites for hydroxylation is 1. The van der Waals surface area contributed by atoms with Gasteiger partial charge in [0.1, 0.15) is 17.5 Å². The molecule has 0 unspecified atom stereocenters. The first kappa shape index (κ1) is 12.4. The van der Waals surface area contributed by atoms with Gasteiger partial charge in [0.2, 0.25) is 0 Å². The smallest absolute Gasteiger partial charge is 0.153 e. The number of aromatic nitrogens is 1. The van der Waals surface area contributed by atoms with Crippen molar-refractivity contribution in [3.8, 4) is 17.6 Å². The molecule has 2 aromatic rings. The van der Waals surface area contributed by atoms with Gasteiger partial charge in [0, 0.05) is 16.7 Å². The van der Waals surface area contributed by atoms with Crippen LogP contribution in [-0.2, 0) is 0 Å². The minimum Gasteiger partial charge on any atom is -0.455 e. The molecule has 0 saturated heterocycles. The molecule has 18 heavy (non-hydrogen) atoms. The number of nitriles is 1. The minimum absolute atomic E-state index is 0.306. The van der Waals surface area contributed by atoms with E-state index in [0.717, 1.165) is 10.0 Å². The Morgan fingerprint density at radius 1 is 1.39 bits per heavy atom. The molecule has 0 radical (unpaired) electrons. The molecule has 2 rings (SSSR count). The molecule has 1 aromatic carbocycles. The van der Waals surface area contributed by atoms with Crippen LogP contribution in [0.15, 0.2) is 34.9 Å². The van der Waals surface area contributed by atoms with Crippen LogP contribution in [0.25, 0.3) is 0 Å². The fourth-order valence-electron chi connectivity index (χ4n) is 1.55. The molecule has 0 saturated carbocycles. The number of hydrogen-bond acceptors (Lipinski definition) is 4. The zero-order valence-electron chi connectivity index (χ0n) is 9.64. The second-order valence-corrected chi connectivity index (χ2v) is 4.65. The second kappa shape index (κ2) is 5.07. The molecule has 0 atom stereocenters. The van der Waals surface area contributed by atoms with E-state index in [0.29, 0.717) is 22.9 Å². The highest BCUT2D eigenvalue weighted by Gasteiger charge is 2.08. The molecule has 90 valence electrons. The van der Waals surface area contributed by atoms with Gasteiger partial charge in [-0.15, -0.1) is 0 Å². The van der Waals surface area contributed by atoms with Crippen molar-refractivity contribution in [2.75, 3.05) is 5.73 Å². The van der Waals surface area contributed by atoms with Crippen LogP contribution in [0.2, 0.25) is 0 Å². The van der Waals surface area contributed by atoms with E-state index in [4.69, 9.17) is 15.7 Å².